The Morgan fingerprint density at radius 3 is 2.50 bits per heavy atom. The van der Waals surface area contributed by atoms with Gasteiger partial charge in [-0.05, 0) is 52.4 Å². The minimum atomic E-state index is -0.680. The third-order valence-corrected chi connectivity index (χ3v) is 6.96. The van der Waals surface area contributed by atoms with Gasteiger partial charge < -0.3 is 4.74 Å². The van der Waals surface area contributed by atoms with Gasteiger partial charge in [-0.2, -0.15) is 16.4 Å². The molecule has 9 nitrogen and oxygen atoms in total. The molecule has 2 aliphatic rings. The number of nitro groups is 2. The van der Waals surface area contributed by atoms with Gasteiger partial charge in [0.15, 0.2) is 0 Å². The van der Waals surface area contributed by atoms with Gasteiger partial charge in [0.1, 0.15) is 11.4 Å². The van der Waals surface area contributed by atoms with E-state index in [2.05, 4.69) is 15.9 Å². The van der Waals surface area contributed by atoms with Gasteiger partial charge in [-0.1, -0.05) is 18.2 Å². The minimum Gasteiger partial charge on any atom is -0.497 e. The SMILES string of the molecule is COc1ccc(CSc2cscc3cc/c(=N/Nc4ccc([N+](=O)[O-])cc4[N+](=O)[O-])cc2-3)cc1. The molecule has 0 atom stereocenters. The van der Waals surface area contributed by atoms with E-state index < -0.39 is 15.5 Å². The molecule has 1 heterocycles. The van der Waals surface area contributed by atoms with Crippen molar-refractivity contribution in [2.24, 2.45) is 5.10 Å². The van der Waals surface area contributed by atoms with Crippen molar-refractivity contribution in [2.75, 3.05) is 12.5 Å². The first kappa shape index (κ1) is 23.2. The molecule has 2 aromatic rings. The number of hydrogen-bond acceptors (Lipinski definition) is 9. The fourth-order valence-corrected chi connectivity index (χ4v) is 5.12. The highest BCUT2D eigenvalue weighted by molar-refractivity contribution is 7.98. The van der Waals surface area contributed by atoms with Crippen LogP contribution in [0.5, 0.6) is 5.75 Å². The number of nitrogens with zero attached hydrogens (tertiary/aromatic N) is 3. The number of ether oxygens (including phenoxy) is 1. The molecule has 172 valence electrons. The maximum atomic E-state index is 11.3. The van der Waals surface area contributed by atoms with Crippen molar-refractivity contribution in [2.45, 2.75) is 10.6 Å². The molecule has 0 bridgehead atoms. The first-order valence-electron chi connectivity index (χ1n) is 9.93. The van der Waals surface area contributed by atoms with E-state index in [0.717, 1.165) is 33.6 Å². The molecule has 4 rings (SSSR count). The number of nitrogens with one attached hydrogen (secondary N) is 1. The van der Waals surface area contributed by atoms with E-state index in [4.69, 9.17) is 4.74 Å². The third kappa shape index (κ3) is 5.33. The monoisotopic (exact) mass is 494 g/mol. The lowest BCUT2D eigenvalue weighted by molar-refractivity contribution is -0.393. The van der Waals surface area contributed by atoms with Crippen LogP contribution in [0.1, 0.15) is 5.56 Å². The topological polar surface area (TPSA) is 120 Å². The summed E-state index contributed by atoms with van der Waals surface area (Å²) in [5.41, 5.74) is 5.21. The van der Waals surface area contributed by atoms with Crippen LogP contribution in [-0.4, -0.2) is 17.0 Å². The predicted octanol–water partition coefficient (Wildman–Crippen LogP) is 5.90. The van der Waals surface area contributed by atoms with Crippen molar-refractivity contribution in [3.05, 3.63) is 103 Å². The molecule has 0 saturated heterocycles. The molecule has 0 aromatic heterocycles. The van der Waals surface area contributed by atoms with Crippen LogP contribution in [0.4, 0.5) is 17.1 Å². The molecule has 2 aromatic carbocycles. The van der Waals surface area contributed by atoms with E-state index >= 15 is 0 Å². The maximum Gasteiger partial charge on any atom is 0.301 e. The lowest BCUT2D eigenvalue weighted by Crippen LogP contribution is -2.07. The minimum absolute atomic E-state index is 0.0695. The molecule has 11 heteroatoms. The molecule has 0 radical (unpaired) electrons. The quantitative estimate of drug-likeness (QED) is 0.184. The molecule has 1 N–H and O–H groups in total. The second kappa shape index (κ2) is 10.3. The van der Waals surface area contributed by atoms with Gasteiger partial charge in [-0.15, -0.1) is 11.8 Å². The van der Waals surface area contributed by atoms with Gasteiger partial charge in [0.2, 0.25) is 0 Å². The molecule has 0 amide bonds. The Hall–Kier alpha value is -3.96. The molecular weight excluding hydrogens is 476 g/mol. The van der Waals surface area contributed by atoms with Gasteiger partial charge in [0, 0.05) is 22.1 Å². The molecule has 0 fully saturated rings. The first-order chi connectivity index (χ1) is 16.4. The van der Waals surface area contributed by atoms with Gasteiger partial charge in [0.25, 0.3) is 5.69 Å². The first-order valence-corrected chi connectivity index (χ1v) is 11.9. The zero-order valence-corrected chi connectivity index (χ0v) is 19.5. The zero-order valence-electron chi connectivity index (χ0n) is 17.8. The summed E-state index contributed by atoms with van der Waals surface area (Å²) in [6.45, 7) is 0. The molecule has 0 saturated carbocycles. The molecule has 1 aliphatic heterocycles. The van der Waals surface area contributed by atoms with Crippen molar-refractivity contribution >= 4 is 40.2 Å². The summed E-state index contributed by atoms with van der Waals surface area (Å²) in [4.78, 5) is 22.0. The normalized spacial score (nSPS) is 11.4. The van der Waals surface area contributed by atoms with Crippen LogP contribution in [0, 0.1) is 20.2 Å². The van der Waals surface area contributed by atoms with Crippen LogP contribution in [-0.2, 0) is 5.75 Å². The number of benzene rings is 3. The number of rotatable bonds is 8. The largest absolute Gasteiger partial charge is 0.497 e. The van der Waals surface area contributed by atoms with Crippen LogP contribution in [0.2, 0.25) is 0 Å². The lowest BCUT2D eigenvalue weighted by Gasteiger charge is -2.11. The van der Waals surface area contributed by atoms with Crippen LogP contribution >= 0.6 is 23.1 Å². The fourth-order valence-electron chi connectivity index (χ4n) is 3.16. The maximum absolute atomic E-state index is 11.3. The second-order valence-corrected chi connectivity index (χ2v) is 8.84. The van der Waals surface area contributed by atoms with Crippen molar-refractivity contribution in [1.29, 1.82) is 0 Å². The number of non-ortho nitro benzene ring substituents is 1. The Kier molecular flexibility index (Phi) is 7.04. The Morgan fingerprint density at radius 2 is 1.79 bits per heavy atom. The summed E-state index contributed by atoms with van der Waals surface area (Å²) in [6, 6.07) is 17.0. The second-order valence-electron chi connectivity index (χ2n) is 7.08. The number of fused-ring (bicyclic) bond motifs is 1. The van der Waals surface area contributed by atoms with E-state index in [1.165, 1.54) is 17.7 Å². The van der Waals surface area contributed by atoms with E-state index in [-0.39, 0.29) is 11.4 Å². The summed E-state index contributed by atoms with van der Waals surface area (Å²) in [6.07, 6.45) is 0. The smallest absolute Gasteiger partial charge is 0.301 e. The summed E-state index contributed by atoms with van der Waals surface area (Å²) in [5, 5.41) is 31.2. The van der Waals surface area contributed by atoms with Crippen molar-refractivity contribution < 1.29 is 14.6 Å². The summed E-state index contributed by atoms with van der Waals surface area (Å²) in [7, 11) is 1.64. The molecule has 1 aliphatic carbocycles. The predicted molar refractivity (Wildman–Crippen MR) is 132 cm³/mol. The number of nitro benzene ring substituents is 2. The number of anilines is 1. The van der Waals surface area contributed by atoms with Crippen LogP contribution < -0.4 is 15.5 Å². The molecule has 0 spiro atoms. The van der Waals surface area contributed by atoms with Crippen molar-refractivity contribution in [3.8, 4) is 16.9 Å². The molecular formula is C23H18N4O5S2. The fraction of sp³-hybridized carbons (Fsp3) is 0.0870. The van der Waals surface area contributed by atoms with Crippen LogP contribution in [0.25, 0.3) is 11.1 Å². The third-order valence-electron chi connectivity index (χ3n) is 4.92. The zero-order chi connectivity index (χ0) is 24.1. The molecule has 34 heavy (non-hydrogen) atoms. The van der Waals surface area contributed by atoms with Crippen LogP contribution in [0.15, 0.2) is 81.4 Å². The van der Waals surface area contributed by atoms with E-state index in [0.29, 0.717) is 5.36 Å². The Bertz CT molecular complexity index is 1390. The summed E-state index contributed by atoms with van der Waals surface area (Å²) >= 11 is 3.31. The average Bonchev–Trinajstić information content (AvgIpc) is 2.86. The van der Waals surface area contributed by atoms with Crippen LogP contribution in [0.3, 0.4) is 0 Å². The van der Waals surface area contributed by atoms with Gasteiger partial charge in [-0.25, -0.2) is 0 Å². The standard InChI is InChI=1S/C23H18N4O5S2/c1-32-19-7-2-15(3-8-19)12-34-23-14-33-13-16-4-5-17(10-20(16)23)24-25-21-9-6-18(26(28)29)11-22(21)27(30)31/h2-11,13-14,25H,12H2,1H3/b24-17-. The highest BCUT2D eigenvalue weighted by Crippen LogP contribution is 2.35. The summed E-state index contributed by atoms with van der Waals surface area (Å²) < 4.78 is 5.21. The number of methoxy groups -OCH3 is 1. The van der Waals surface area contributed by atoms with Crippen molar-refractivity contribution in [3.63, 3.8) is 0 Å². The average molecular weight is 495 g/mol. The number of thioether (sulfide) groups is 1. The van der Waals surface area contributed by atoms with Gasteiger partial charge >= 0.3 is 5.69 Å². The van der Waals surface area contributed by atoms with E-state index in [1.807, 2.05) is 41.8 Å². The Labute approximate surface area is 202 Å². The molecule has 0 unspecified atom stereocenters. The highest BCUT2D eigenvalue weighted by atomic mass is 32.2. The summed E-state index contributed by atoms with van der Waals surface area (Å²) in [5.74, 6) is 1.60. The van der Waals surface area contributed by atoms with Gasteiger partial charge in [0.05, 0.1) is 28.4 Å². The lowest BCUT2D eigenvalue weighted by atomic mass is 10.1. The van der Waals surface area contributed by atoms with E-state index in [1.54, 1.807) is 36.3 Å². The Morgan fingerprint density at radius 1 is 1.00 bits per heavy atom. The Balaban J connectivity index is 1.60. The van der Waals surface area contributed by atoms with Gasteiger partial charge in [-0.3, -0.25) is 25.7 Å². The highest BCUT2D eigenvalue weighted by Gasteiger charge is 2.19. The van der Waals surface area contributed by atoms with E-state index in [9.17, 15) is 20.2 Å². The number of hydrogen-bond donors (Lipinski definition) is 1. The van der Waals surface area contributed by atoms with Crippen molar-refractivity contribution in [1.82, 2.24) is 0 Å².